The lowest BCUT2D eigenvalue weighted by Gasteiger charge is -2.16. The Balaban J connectivity index is 1.48. The maximum atomic E-state index is 5.14. The third-order valence-electron chi connectivity index (χ3n) is 3.51. The van der Waals surface area contributed by atoms with Gasteiger partial charge in [-0.15, -0.1) is 0 Å². The third-order valence-corrected chi connectivity index (χ3v) is 4.28. The van der Waals surface area contributed by atoms with Gasteiger partial charge in [-0.3, -0.25) is 0 Å². The number of nitrogens with one attached hydrogen (secondary N) is 2. The normalized spacial score (nSPS) is 15.4. The number of allylic oxidation sites excluding steroid dienone is 1. The molecule has 0 fully saturated rings. The van der Waals surface area contributed by atoms with Crippen LogP contribution in [-0.4, -0.2) is 17.4 Å². The number of methoxy groups -OCH3 is 1. The van der Waals surface area contributed by atoms with E-state index < -0.39 is 0 Å². The molecule has 0 spiro atoms. The van der Waals surface area contributed by atoms with E-state index in [0.29, 0.717) is 0 Å². The Morgan fingerprint density at radius 2 is 1.88 bits per heavy atom. The van der Waals surface area contributed by atoms with Crippen molar-refractivity contribution in [2.45, 2.75) is 13.5 Å². The van der Waals surface area contributed by atoms with Gasteiger partial charge in [0.1, 0.15) is 5.75 Å². The molecule has 128 valence electrons. The first kappa shape index (κ1) is 17.1. The number of hydrogen-bond donors (Lipinski definition) is 2. The summed E-state index contributed by atoms with van der Waals surface area (Å²) in [5.41, 5.74) is 3.22. The molecule has 0 saturated carbocycles. The number of aliphatic imine (C=N–C) groups is 2. The summed E-state index contributed by atoms with van der Waals surface area (Å²) < 4.78 is 5.14. The molecule has 0 saturated heterocycles. The first-order valence-corrected chi connectivity index (χ1v) is 8.74. The van der Waals surface area contributed by atoms with Crippen molar-refractivity contribution < 1.29 is 4.74 Å². The van der Waals surface area contributed by atoms with Crippen molar-refractivity contribution >= 4 is 27.8 Å². The molecule has 1 aliphatic rings. The summed E-state index contributed by atoms with van der Waals surface area (Å²) in [6.45, 7) is 2.78. The Morgan fingerprint density at radius 3 is 2.56 bits per heavy atom. The summed E-state index contributed by atoms with van der Waals surface area (Å²) in [5, 5.41) is 8.15. The van der Waals surface area contributed by atoms with E-state index in [-0.39, 0.29) is 0 Å². The average molecular weight is 352 g/mol. The van der Waals surface area contributed by atoms with Crippen LogP contribution >= 0.6 is 11.8 Å². The van der Waals surface area contributed by atoms with Crippen molar-refractivity contribution in [3.05, 3.63) is 72.1 Å². The van der Waals surface area contributed by atoms with Gasteiger partial charge in [-0.25, -0.2) is 4.99 Å². The van der Waals surface area contributed by atoms with Gasteiger partial charge in [-0.05, 0) is 48.5 Å². The number of ether oxygens (including phenoxy) is 1. The van der Waals surface area contributed by atoms with Crippen molar-refractivity contribution in [2.75, 3.05) is 12.4 Å². The predicted octanol–water partition coefficient (Wildman–Crippen LogP) is 4.22. The van der Waals surface area contributed by atoms with Gasteiger partial charge in [0, 0.05) is 24.1 Å². The van der Waals surface area contributed by atoms with E-state index in [4.69, 9.17) is 4.74 Å². The van der Waals surface area contributed by atoms with Gasteiger partial charge in [0.15, 0.2) is 10.3 Å². The van der Waals surface area contributed by atoms with Gasteiger partial charge in [-0.1, -0.05) is 30.3 Å². The molecule has 0 radical (unpaired) electrons. The Kier molecular flexibility index (Phi) is 5.74. The van der Waals surface area contributed by atoms with Gasteiger partial charge in [0.25, 0.3) is 0 Å². The number of amidine groups is 2. The highest BCUT2D eigenvalue weighted by molar-refractivity contribution is 8.29. The second kappa shape index (κ2) is 8.39. The van der Waals surface area contributed by atoms with E-state index in [1.165, 1.54) is 17.3 Å². The zero-order valence-electron chi connectivity index (χ0n) is 14.2. The first-order chi connectivity index (χ1) is 12.2. The fraction of sp³-hybridized carbons (Fsp3) is 0.158. The second-order valence-electron chi connectivity index (χ2n) is 5.44. The minimum absolute atomic E-state index is 0.747. The van der Waals surface area contributed by atoms with Crippen LogP contribution in [0.3, 0.4) is 0 Å². The van der Waals surface area contributed by atoms with Crippen LogP contribution in [0.15, 0.2) is 76.5 Å². The summed E-state index contributed by atoms with van der Waals surface area (Å²) in [6, 6.07) is 18.0. The van der Waals surface area contributed by atoms with Gasteiger partial charge < -0.3 is 15.4 Å². The quantitative estimate of drug-likeness (QED) is 0.817. The summed E-state index contributed by atoms with van der Waals surface area (Å²) in [4.78, 5) is 8.73. The molecule has 0 amide bonds. The van der Waals surface area contributed by atoms with E-state index >= 15 is 0 Å². The number of benzene rings is 2. The number of anilines is 1. The highest BCUT2D eigenvalue weighted by Crippen LogP contribution is 2.23. The number of hydrogen-bond acceptors (Lipinski definition) is 5. The number of rotatable bonds is 6. The lowest BCUT2D eigenvalue weighted by atomic mass is 10.2. The van der Waals surface area contributed by atoms with E-state index in [1.54, 1.807) is 13.3 Å². The molecule has 1 heterocycles. The van der Waals surface area contributed by atoms with Crippen LogP contribution in [0, 0.1) is 0 Å². The molecule has 1 aliphatic heterocycles. The predicted molar refractivity (Wildman–Crippen MR) is 106 cm³/mol. The average Bonchev–Trinajstić information content (AvgIpc) is 2.63. The lowest BCUT2D eigenvalue weighted by Crippen LogP contribution is -2.19. The number of thioether (sulfide) groups is 1. The van der Waals surface area contributed by atoms with Crippen LogP contribution in [0.4, 0.5) is 5.69 Å². The smallest absolute Gasteiger partial charge is 0.197 e. The summed E-state index contributed by atoms with van der Waals surface area (Å²) >= 11 is 1.52. The fourth-order valence-corrected chi connectivity index (χ4v) is 2.71. The molecule has 6 heteroatoms. The van der Waals surface area contributed by atoms with Crippen molar-refractivity contribution in [1.82, 2.24) is 5.32 Å². The molecule has 0 atom stereocenters. The maximum absolute atomic E-state index is 5.14. The van der Waals surface area contributed by atoms with Crippen LogP contribution in [0.1, 0.15) is 12.5 Å². The van der Waals surface area contributed by atoms with Gasteiger partial charge in [0.2, 0.25) is 0 Å². The van der Waals surface area contributed by atoms with E-state index in [0.717, 1.165) is 34.0 Å². The highest BCUT2D eigenvalue weighted by atomic mass is 32.2. The minimum Gasteiger partial charge on any atom is -0.497 e. The van der Waals surface area contributed by atoms with E-state index in [1.807, 2.05) is 49.4 Å². The van der Waals surface area contributed by atoms with Gasteiger partial charge in [0.05, 0.1) is 7.11 Å². The Labute approximate surface area is 151 Å². The molecule has 0 aromatic heterocycles. The minimum atomic E-state index is 0.747. The molecule has 25 heavy (non-hydrogen) atoms. The first-order valence-electron chi connectivity index (χ1n) is 7.93. The lowest BCUT2D eigenvalue weighted by molar-refractivity contribution is 0.415. The van der Waals surface area contributed by atoms with Crippen molar-refractivity contribution in [2.24, 2.45) is 9.98 Å². The Bertz CT molecular complexity index is 798. The molecule has 2 aromatic carbocycles. The van der Waals surface area contributed by atoms with Crippen LogP contribution < -0.4 is 15.4 Å². The fourth-order valence-electron chi connectivity index (χ4n) is 2.12. The summed E-state index contributed by atoms with van der Waals surface area (Å²) in [6.07, 6.45) is 1.80. The topological polar surface area (TPSA) is 58.0 Å². The standard InChI is InChI=1S/C19H20N4OS/c1-14(20-13-15-6-4-3-5-7-15)12-21-18-23-19(25-18)22-16-8-10-17(24-2)11-9-16/h3-12,20H,13H2,1-2H3,(H,21,22,23). The molecule has 5 nitrogen and oxygen atoms in total. The monoisotopic (exact) mass is 352 g/mol. The molecule has 3 rings (SSSR count). The highest BCUT2D eigenvalue weighted by Gasteiger charge is 2.16. The maximum Gasteiger partial charge on any atom is 0.197 e. The van der Waals surface area contributed by atoms with Crippen molar-refractivity contribution in [3.8, 4) is 5.75 Å². The molecular weight excluding hydrogens is 332 g/mol. The zero-order chi connectivity index (χ0) is 17.5. The Morgan fingerprint density at radius 1 is 1.16 bits per heavy atom. The van der Waals surface area contributed by atoms with E-state index in [2.05, 4.69) is 32.8 Å². The summed E-state index contributed by atoms with van der Waals surface area (Å²) in [7, 11) is 1.65. The molecular formula is C19H20N4OS. The third kappa shape index (κ3) is 5.12. The van der Waals surface area contributed by atoms with Crippen LogP contribution in [0.25, 0.3) is 0 Å². The van der Waals surface area contributed by atoms with Crippen molar-refractivity contribution in [3.63, 3.8) is 0 Å². The van der Waals surface area contributed by atoms with Gasteiger partial charge >= 0.3 is 0 Å². The van der Waals surface area contributed by atoms with Crippen molar-refractivity contribution in [1.29, 1.82) is 0 Å². The molecule has 0 aliphatic carbocycles. The van der Waals surface area contributed by atoms with Crippen LogP contribution in [0.5, 0.6) is 5.75 Å². The largest absolute Gasteiger partial charge is 0.497 e. The van der Waals surface area contributed by atoms with Gasteiger partial charge in [-0.2, -0.15) is 4.99 Å². The SMILES string of the molecule is COc1ccc(NC2=NC(=NC=C(C)NCc3ccccc3)S2)cc1. The summed E-state index contributed by atoms with van der Waals surface area (Å²) in [5.74, 6) is 0.833. The van der Waals surface area contributed by atoms with E-state index in [9.17, 15) is 0 Å². The molecule has 0 bridgehead atoms. The van der Waals surface area contributed by atoms with Crippen LogP contribution in [0.2, 0.25) is 0 Å². The molecule has 0 unspecified atom stereocenters. The van der Waals surface area contributed by atoms with Crippen LogP contribution in [-0.2, 0) is 6.54 Å². The second-order valence-corrected chi connectivity index (χ2v) is 6.39. The molecule has 2 N–H and O–H groups in total. The molecule has 2 aromatic rings. The zero-order valence-corrected chi connectivity index (χ0v) is 15.0. The Hall–Kier alpha value is -2.73. The number of nitrogens with zero attached hydrogens (tertiary/aromatic N) is 2.